The fourth-order valence-electron chi connectivity index (χ4n) is 3.80. The molecule has 1 heterocycles. The number of hydrogen-bond donors (Lipinski definition) is 1. The minimum absolute atomic E-state index is 0.262. The van der Waals surface area contributed by atoms with Crippen molar-refractivity contribution in [3.05, 3.63) is 107 Å². The van der Waals surface area contributed by atoms with Crippen molar-refractivity contribution in [3.63, 3.8) is 0 Å². The fraction of sp³-hybridized carbons (Fsp3) is 0.138. The van der Waals surface area contributed by atoms with Gasteiger partial charge in [0.15, 0.2) is 11.5 Å². The number of carbonyl (C=O) groups excluding carboxylic acids is 2. The van der Waals surface area contributed by atoms with Crippen molar-refractivity contribution in [1.82, 2.24) is 9.99 Å². The summed E-state index contributed by atoms with van der Waals surface area (Å²) >= 11 is 0. The topological polar surface area (TPSA) is 91.2 Å². The van der Waals surface area contributed by atoms with Crippen molar-refractivity contribution in [1.29, 1.82) is 0 Å². The molecule has 3 aromatic carbocycles. The lowest BCUT2D eigenvalue weighted by Crippen LogP contribution is -2.17. The van der Waals surface area contributed by atoms with E-state index in [1.54, 1.807) is 61.7 Å². The molecule has 8 heteroatoms. The molecule has 37 heavy (non-hydrogen) atoms. The number of aromatic nitrogens is 1. The smallest absolute Gasteiger partial charge is 0.343 e. The lowest BCUT2D eigenvalue weighted by atomic mass is 10.2. The van der Waals surface area contributed by atoms with Crippen LogP contribution in [-0.2, 0) is 0 Å². The Labute approximate surface area is 215 Å². The van der Waals surface area contributed by atoms with Crippen molar-refractivity contribution in [2.75, 3.05) is 14.2 Å². The van der Waals surface area contributed by atoms with Crippen LogP contribution in [-0.4, -0.2) is 36.9 Å². The van der Waals surface area contributed by atoms with Gasteiger partial charge in [-0.05, 0) is 98.3 Å². The predicted molar refractivity (Wildman–Crippen MR) is 141 cm³/mol. The first-order chi connectivity index (χ1) is 17.9. The predicted octanol–water partition coefficient (Wildman–Crippen LogP) is 5.09. The van der Waals surface area contributed by atoms with Crippen LogP contribution in [0, 0.1) is 13.8 Å². The van der Waals surface area contributed by atoms with Gasteiger partial charge in [0.1, 0.15) is 5.75 Å². The van der Waals surface area contributed by atoms with Gasteiger partial charge >= 0.3 is 5.97 Å². The Bertz CT molecular complexity index is 1420. The van der Waals surface area contributed by atoms with Gasteiger partial charge in [-0.15, -0.1) is 0 Å². The maximum absolute atomic E-state index is 12.5. The van der Waals surface area contributed by atoms with Crippen LogP contribution in [0.4, 0.5) is 0 Å². The third-order valence-electron chi connectivity index (χ3n) is 5.75. The molecule has 188 valence electrons. The van der Waals surface area contributed by atoms with Gasteiger partial charge in [0.05, 0.1) is 26.0 Å². The molecule has 4 aromatic rings. The molecule has 1 N–H and O–H groups in total. The second-order valence-electron chi connectivity index (χ2n) is 8.23. The molecule has 1 aromatic heterocycles. The molecule has 0 saturated heterocycles. The average molecular weight is 498 g/mol. The third-order valence-corrected chi connectivity index (χ3v) is 5.75. The summed E-state index contributed by atoms with van der Waals surface area (Å²) in [5.41, 5.74) is 7.27. The van der Waals surface area contributed by atoms with E-state index in [4.69, 9.17) is 14.2 Å². The van der Waals surface area contributed by atoms with E-state index < -0.39 is 5.97 Å². The molecule has 0 saturated carbocycles. The van der Waals surface area contributed by atoms with E-state index in [-0.39, 0.29) is 11.7 Å². The number of aryl methyl sites for hydroxylation is 2. The van der Waals surface area contributed by atoms with Crippen LogP contribution in [0.25, 0.3) is 5.69 Å². The molecule has 0 aliphatic heterocycles. The summed E-state index contributed by atoms with van der Waals surface area (Å²) in [6.45, 7) is 4.07. The lowest BCUT2D eigenvalue weighted by Gasteiger charge is -2.10. The molecule has 0 radical (unpaired) electrons. The summed E-state index contributed by atoms with van der Waals surface area (Å²) in [7, 11) is 3.03. The minimum Gasteiger partial charge on any atom is -0.497 e. The van der Waals surface area contributed by atoms with Crippen LogP contribution in [0.3, 0.4) is 0 Å². The highest BCUT2D eigenvalue weighted by Gasteiger charge is 2.13. The van der Waals surface area contributed by atoms with Crippen LogP contribution in [0.2, 0.25) is 0 Å². The summed E-state index contributed by atoms with van der Waals surface area (Å²) < 4.78 is 18.1. The van der Waals surface area contributed by atoms with Gasteiger partial charge in [-0.1, -0.05) is 0 Å². The monoisotopic (exact) mass is 497 g/mol. The molecule has 8 nitrogen and oxygen atoms in total. The zero-order chi connectivity index (χ0) is 26.4. The molecule has 1 amide bonds. The molecule has 0 bridgehead atoms. The van der Waals surface area contributed by atoms with Gasteiger partial charge in [-0.2, -0.15) is 5.10 Å². The van der Waals surface area contributed by atoms with Crippen LogP contribution < -0.4 is 19.6 Å². The Hall–Kier alpha value is -4.85. The van der Waals surface area contributed by atoms with E-state index in [2.05, 4.69) is 27.2 Å². The maximum atomic E-state index is 12.5. The lowest BCUT2D eigenvalue weighted by molar-refractivity contribution is 0.0729. The number of esters is 1. The van der Waals surface area contributed by atoms with E-state index in [0.717, 1.165) is 17.1 Å². The fourth-order valence-corrected chi connectivity index (χ4v) is 3.80. The first kappa shape index (κ1) is 25.2. The summed E-state index contributed by atoms with van der Waals surface area (Å²) in [5.74, 6) is 0.397. The van der Waals surface area contributed by atoms with E-state index in [1.165, 1.54) is 13.3 Å². The molecular weight excluding hydrogens is 470 g/mol. The molecule has 0 unspecified atom stereocenters. The third kappa shape index (κ3) is 5.87. The van der Waals surface area contributed by atoms with Crippen LogP contribution in [0.1, 0.15) is 37.7 Å². The molecular formula is C29H27N3O5. The molecule has 4 rings (SSSR count). The van der Waals surface area contributed by atoms with Crippen molar-refractivity contribution in [2.24, 2.45) is 5.10 Å². The summed E-state index contributed by atoms with van der Waals surface area (Å²) in [6, 6.07) is 23.0. The van der Waals surface area contributed by atoms with E-state index in [9.17, 15) is 9.59 Å². The van der Waals surface area contributed by atoms with Crippen molar-refractivity contribution >= 4 is 18.1 Å². The van der Waals surface area contributed by atoms with E-state index in [1.807, 2.05) is 26.0 Å². The highest BCUT2D eigenvalue weighted by molar-refractivity contribution is 5.95. The zero-order valence-corrected chi connectivity index (χ0v) is 21.0. The van der Waals surface area contributed by atoms with E-state index in [0.29, 0.717) is 28.2 Å². The van der Waals surface area contributed by atoms with Crippen molar-refractivity contribution in [2.45, 2.75) is 13.8 Å². The molecule has 0 fully saturated rings. The Kier molecular flexibility index (Phi) is 7.68. The Morgan fingerprint density at radius 3 is 2.05 bits per heavy atom. The molecule has 0 spiro atoms. The molecule has 0 aliphatic carbocycles. The number of benzene rings is 3. The summed E-state index contributed by atoms with van der Waals surface area (Å²) in [4.78, 5) is 25.0. The minimum atomic E-state index is -0.525. The number of rotatable bonds is 8. The van der Waals surface area contributed by atoms with Gasteiger partial charge in [-0.3, -0.25) is 4.79 Å². The number of ether oxygens (including phenoxy) is 3. The van der Waals surface area contributed by atoms with Crippen molar-refractivity contribution < 1.29 is 23.8 Å². The van der Waals surface area contributed by atoms with Gasteiger partial charge in [0.25, 0.3) is 5.91 Å². The number of nitrogens with zero attached hydrogens (tertiary/aromatic N) is 2. The molecule has 0 atom stereocenters. The highest BCUT2D eigenvalue weighted by atomic mass is 16.6. The first-order valence-corrected chi connectivity index (χ1v) is 11.5. The van der Waals surface area contributed by atoms with Crippen LogP contribution >= 0.6 is 0 Å². The number of hydrazone groups is 1. The summed E-state index contributed by atoms with van der Waals surface area (Å²) in [5, 5.41) is 4.04. The Morgan fingerprint density at radius 2 is 1.43 bits per heavy atom. The number of carbonyl (C=O) groups is 2. The second-order valence-corrected chi connectivity index (χ2v) is 8.23. The van der Waals surface area contributed by atoms with Gasteiger partial charge < -0.3 is 18.8 Å². The number of amides is 1. The Morgan fingerprint density at radius 1 is 0.784 bits per heavy atom. The van der Waals surface area contributed by atoms with Gasteiger partial charge in [-0.25, -0.2) is 10.2 Å². The quantitative estimate of drug-likeness (QED) is 0.158. The second kappa shape index (κ2) is 11.3. The highest BCUT2D eigenvalue weighted by Crippen LogP contribution is 2.28. The summed E-state index contributed by atoms with van der Waals surface area (Å²) in [6.07, 6.45) is 1.48. The largest absolute Gasteiger partial charge is 0.497 e. The number of hydrogen-bond acceptors (Lipinski definition) is 6. The Balaban J connectivity index is 1.39. The number of methoxy groups -OCH3 is 2. The average Bonchev–Trinajstić information content (AvgIpc) is 3.26. The first-order valence-electron chi connectivity index (χ1n) is 11.5. The zero-order valence-electron chi connectivity index (χ0n) is 21.0. The SMILES string of the molecule is COc1ccc(C(=O)Oc2ccc(/C=N/NC(=O)c3ccc(-n4c(C)ccc4C)cc3)cc2OC)cc1. The standard InChI is InChI=1S/C29H27N3O5/c1-19-5-6-20(2)32(19)24-12-8-22(9-13-24)28(33)31-30-18-21-7-16-26(27(17-21)36-4)37-29(34)23-10-14-25(35-3)15-11-23/h5-18H,1-4H3,(H,31,33)/b30-18+. The molecule has 0 aliphatic rings. The number of nitrogens with one attached hydrogen (secondary N) is 1. The van der Waals surface area contributed by atoms with E-state index >= 15 is 0 Å². The van der Waals surface area contributed by atoms with Crippen LogP contribution in [0.5, 0.6) is 17.2 Å². The van der Waals surface area contributed by atoms with Gasteiger partial charge in [0.2, 0.25) is 0 Å². The van der Waals surface area contributed by atoms with Crippen molar-refractivity contribution in [3.8, 4) is 22.9 Å². The normalized spacial score (nSPS) is 10.8. The maximum Gasteiger partial charge on any atom is 0.343 e. The van der Waals surface area contributed by atoms with Gasteiger partial charge in [0, 0.05) is 22.6 Å². The van der Waals surface area contributed by atoms with Crippen LogP contribution in [0.15, 0.2) is 84.0 Å².